The van der Waals surface area contributed by atoms with E-state index in [0.717, 1.165) is 0 Å². The van der Waals surface area contributed by atoms with Gasteiger partial charge in [-0.25, -0.2) is 0 Å². The Balaban J connectivity index is 2.43. The third-order valence-electron chi connectivity index (χ3n) is 3.82. The molecular formula is C18H17N3O3. The van der Waals surface area contributed by atoms with E-state index in [2.05, 4.69) is 10.0 Å². The molecular weight excluding hydrogens is 306 g/mol. The molecule has 0 saturated heterocycles. The van der Waals surface area contributed by atoms with Gasteiger partial charge in [-0.2, -0.15) is 0 Å². The van der Waals surface area contributed by atoms with Crippen LogP contribution in [-0.2, 0) is 4.79 Å². The average molecular weight is 323 g/mol. The monoisotopic (exact) mass is 323 g/mol. The lowest BCUT2D eigenvalue weighted by molar-refractivity contribution is -0.142. The summed E-state index contributed by atoms with van der Waals surface area (Å²) in [4.78, 5) is 27.4. The van der Waals surface area contributed by atoms with Crippen molar-refractivity contribution in [2.45, 2.75) is 12.3 Å². The van der Waals surface area contributed by atoms with E-state index in [1.807, 2.05) is 6.07 Å². The number of carbonyl (C=O) groups is 2. The molecule has 122 valence electrons. The standard InChI is InChI=1S/C18H17N3O3/c19-21-20-12-11-15(18(23)24)16(13-7-3-1-4-8-13)17(22)14-9-5-2-6-10-14/h1-10,15-16H,11-12H2,(H,23,24). The Bertz CT molecular complexity index is 741. The summed E-state index contributed by atoms with van der Waals surface area (Å²) >= 11 is 0. The molecule has 0 aliphatic carbocycles. The molecule has 0 saturated carbocycles. The molecule has 0 spiro atoms. The first-order valence-electron chi connectivity index (χ1n) is 7.53. The minimum atomic E-state index is -1.08. The van der Waals surface area contributed by atoms with Crippen LogP contribution in [0.5, 0.6) is 0 Å². The van der Waals surface area contributed by atoms with Crippen LogP contribution in [0.1, 0.15) is 28.3 Å². The Kier molecular flexibility index (Phi) is 6.11. The normalized spacial score (nSPS) is 12.7. The van der Waals surface area contributed by atoms with Crippen molar-refractivity contribution in [1.29, 1.82) is 0 Å². The number of azide groups is 1. The molecule has 0 fully saturated rings. The van der Waals surface area contributed by atoms with Crippen molar-refractivity contribution in [2.75, 3.05) is 6.54 Å². The van der Waals surface area contributed by atoms with Crippen molar-refractivity contribution in [3.63, 3.8) is 0 Å². The van der Waals surface area contributed by atoms with E-state index in [9.17, 15) is 14.7 Å². The Morgan fingerprint density at radius 1 is 1.04 bits per heavy atom. The van der Waals surface area contributed by atoms with Gasteiger partial charge in [0.15, 0.2) is 5.78 Å². The molecule has 2 unspecified atom stereocenters. The van der Waals surface area contributed by atoms with Gasteiger partial charge in [0.25, 0.3) is 0 Å². The van der Waals surface area contributed by atoms with Gasteiger partial charge in [-0.05, 0) is 17.5 Å². The molecule has 0 amide bonds. The summed E-state index contributed by atoms with van der Waals surface area (Å²) in [7, 11) is 0. The minimum Gasteiger partial charge on any atom is -0.481 e. The van der Waals surface area contributed by atoms with Gasteiger partial charge < -0.3 is 5.11 Å². The van der Waals surface area contributed by atoms with Crippen LogP contribution in [0.25, 0.3) is 10.4 Å². The number of carboxylic acids is 1. The molecule has 0 aromatic heterocycles. The van der Waals surface area contributed by atoms with Crippen molar-refractivity contribution in [3.05, 3.63) is 82.2 Å². The lowest BCUT2D eigenvalue weighted by Crippen LogP contribution is -2.29. The predicted molar refractivity (Wildman–Crippen MR) is 89.7 cm³/mol. The second-order valence-corrected chi connectivity index (χ2v) is 5.31. The van der Waals surface area contributed by atoms with Crippen molar-refractivity contribution in [2.24, 2.45) is 11.0 Å². The summed E-state index contributed by atoms with van der Waals surface area (Å²) in [6.45, 7) is 0.0267. The zero-order valence-corrected chi connectivity index (χ0v) is 12.9. The highest BCUT2D eigenvalue weighted by Crippen LogP contribution is 2.31. The minimum absolute atomic E-state index is 0.0267. The van der Waals surface area contributed by atoms with Crippen molar-refractivity contribution >= 4 is 11.8 Å². The molecule has 0 aliphatic heterocycles. The van der Waals surface area contributed by atoms with E-state index in [4.69, 9.17) is 5.53 Å². The summed E-state index contributed by atoms with van der Waals surface area (Å²) in [5.41, 5.74) is 9.50. The maximum atomic E-state index is 13.0. The van der Waals surface area contributed by atoms with Gasteiger partial charge in [0.1, 0.15) is 0 Å². The highest BCUT2D eigenvalue weighted by Gasteiger charge is 2.34. The summed E-state index contributed by atoms with van der Waals surface area (Å²) < 4.78 is 0. The zero-order valence-electron chi connectivity index (χ0n) is 12.9. The van der Waals surface area contributed by atoms with Gasteiger partial charge in [0, 0.05) is 17.0 Å². The fourth-order valence-corrected chi connectivity index (χ4v) is 2.68. The quantitative estimate of drug-likeness (QED) is 0.343. The molecule has 0 aliphatic rings. The van der Waals surface area contributed by atoms with Gasteiger partial charge in [-0.15, -0.1) is 0 Å². The van der Waals surface area contributed by atoms with Crippen LogP contribution in [0, 0.1) is 5.92 Å². The topological polar surface area (TPSA) is 103 Å². The lowest BCUT2D eigenvalue weighted by atomic mass is 9.79. The first-order valence-corrected chi connectivity index (χ1v) is 7.53. The number of rotatable bonds is 8. The van der Waals surface area contributed by atoms with Crippen LogP contribution in [-0.4, -0.2) is 23.4 Å². The van der Waals surface area contributed by atoms with Crippen molar-refractivity contribution in [1.82, 2.24) is 0 Å². The second-order valence-electron chi connectivity index (χ2n) is 5.31. The van der Waals surface area contributed by atoms with E-state index < -0.39 is 17.8 Å². The van der Waals surface area contributed by atoms with Crippen LogP contribution in [0.3, 0.4) is 0 Å². The molecule has 6 nitrogen and oxygen atoms in total. The van der Waals surface area contributed by atoms with Crippen molar-refractivity contribution in [3.8, 4) is 0 Å². The van der Waals surface area contributed by atoms with Crippen LogP contribution in [0.2, 0.25) is 0 Å². The van der Waals surface area contributed by atoms with Gasteiger partial charge >= 0.3 is 5.97 Å². The van der Waals surface area contributed by atoms with Gasteiger partial charge in [-0.1, -0.05) is 65.8 Å². The zero-order chi connectivity index (χ0) is 17.4. The smallest absolute Gasteiger partial charge is 0.307 e. The van der Waals surface area contributed by atoms with Crippen LogP contribution in [0.15, 0.2) is 65.8 Å². The van der Waals surface area contributed by atoms with Crippen LogP contribution >= 0.6 is 0 Å². The molecule has 24 heavy (non-hydrogen) atoms. The number of Topliss-reactive ketones (excluding diaryl/α,β-unsaturated/α-hetero) is 1. The fraction of sp³-hybridized carbons (Fsp3) is 0.222. The van der Waals surface area contributed by atoms with E-state index >= 15 is 0 Å². The molecule has 2 atom stereocenters. The highest BCUT2D eigenvalue weighted by molar-refractivity contribution is 6.03. The third-order valence-corrected chi connectivity index (χ3v) is 3.82. The second kappa shape index (κ2) is 8.50. The number of ketones is 1. The summed E-state index contributed by atoms with van der Waals surface area (Å²) in [5, 5.41) is 13.0. The van der Waals surface area contributed by atoms with E-state index in [1.54, 1.807) is 54.6 Å². The molecule has 6 heteroatoms. The fourth-order valence-electron chi connectivity index (χ4n) is 2.68. The number of carbonyl (C=O) groups excluding carboxylic acids is 1. The summed E-state index contributed by atoms with van der Waals surface area (Å²) in [6, 6.07) is 17.5. The van der Waals surface area contributed by atoms with Crippen molar-refractivity contribution < 1.29 is 14.7 Å². The lowest BCUT2D eigenvalue weighted by Gasteiger charge is -2.23. The molecule has 0 bridgehead atoms. The molecule has 2 aromatic carbocycles. The van der Waals surface area contributed by atoms with E-state index in [-0.39, 0.29) is 18.7 Å². The SMILES string of the molecule is [N-]=[N+]=NCCC(C(=O)O)C(C(=O)c1ccccc1)c1ccccc1. The van der Waals surface area contributed by atoms with Gasteiger partial charge in [0.05, 0.1) is 11.8 Å². The van der Waals surface area contributed by atoms with Crippen LogP contribution < -0.4 is 0 Å². The number of hydrogen-bond donors (Lipinski definition) is 1. The Morgan fingerprint density at radius 2 is 1.62 bits per heavy atom. The average Bonchev–Trinajstić information content (AvgIpc) is 2.62. The third kappa shape index (κ3) is 4.21. The number of carboxylic acid groups (broad SMARTS) is 1. The summed E-state index contributed by atoms with van der Waals surface area (Å²) in [5.74, 6) is -3.14. The first-order chi connectivity index (χ1) is 11.6. The summed E-state index contributed by atoms with van der Waals surface area (Å²) in [6.07, 6.45) is 0.0948. The number of nitrogens with zero attached hydrogens (tertiary/aromatic N) is 3. The number of benzene rings is 2. The van der Waals surface area contributed by atoms with E-state index in [1.165, 1.54) is 0 Å². The number of hydrogen-bond acceptors (Lipinski definition) is 3. The largest absolute Gasteiger partial charge is 0.481 e. The molecule has 1 N–H and O–H groups in total. The highest BCUT2D eigenvalue weighted by atomic mass is 16.4. The molecule has 0 radical (unpaired) electrons. The molecule has 2 rings (SSSR count). The van der Waals surface area contributed by atoms with Gasteiger partial charge in [0.2, 0.25) is 0 Å². The van der Waals surface area contributed by atoms with Crippen LogP contribution in [0.4, 0.5) is 0 Å². The maximum Gasteiger partial charge on any atom is 0.307 e. The maximum absolute atomic E-state index is 13.0. The molecule has 2 aromatic rings. The first kappa shape index (κ1) is 17.2. The molecule has 0 heterocycles. The predicted octanol–water partition coefficient (Wildman–Crippen LogP) is 4.05. The Labute approximate surface area is 139 Å². The number of aliphatic carboxylic acids is 1. The Morgan fingerprint density at radius 3 is 2.17 bits per heavy atom. The van der Waals surface area contributed by atoms with E-state index in [0.29, 0.717) is 11.1 Å². The van der Waals surface area contributed by atoms with Gasteiger partial charge in [-0.3, -0.25) is 9.59 Å². The Hall–Kier alpha value is -3.11.